The Bertz CT molecular complexity index is 1580. The molecule has 54 heavy (non-hydrogen) atoms. The van der Waals surface area contributed by atoms with E-state index in [1.807, 2.05) is 110 Å². The lowest BCUT2D eigenvalue weighted by Crippen LogP contribution is -2.41. The summed E-state index contributed by atoms with van der Waals surface area (Å²) in [6, 6.07) is 29.0. The van der Waals surface area contributed by atoms with E-state index in [4.69, 9.17) is 28.4 Å². The molecule has 1 heterocycles. The van der Waals surface area contributed by atoms with Crippen molar-refractivity contribution in [1.82, 2.24) is 5.32 Å². The summed E-state index contributed by atoms with van der Waals surface area (Å²) in [5.41, 5.74) is 3.86. The first-order chi connectivity index (χ1) is 26.3. The van der Waals surface area contributed by atoms with E-state index in [1.165, 1.54) is 0 Å². The van der Waals surface area contributed by atoms with E-state index in [-0.39, 0.29) is 56.8 Å². The van der Waals surface area contributed by atoms with Crippen molar-refractivity contribution in [3.05, 3.63) is 132 Å². The molecule has 1 fully saturated rings. The lowest BCUT2D eigenvalue weighted by Gasteiger charge is -2.35. The molecule has 10 heteroatoms. The lowest BCUT2D eigenvalue weighted by atomic mass is 9.96. The van der Waals surface area contributed by atoms with Crippen LogP contribution in [0, 0.1) is 5.92 Å². The molecule has 3 aromatic rings. The molecule has 1 N–H and O–H groups in total. The summed E-state index contributed by atoms with van der Waals surface area (Å²) in [6.45, 7) is 9.41. The number of allylic oxidation sites excluding steroid dienone is 2. The van der Waals surface area contributed by atoms with Crippen LogP contribution in [-0.4, -0.2) is 62.2 Å². The number of esters is 2. The lowest BCUT2D eigenvalue weighted by molar-refractivity contribution is -0.235. The molecule has 1 aliphatic heterocycles. The van der Waals surface area contributed by atoms with Crippen LogP contribution >= 0.6 is 0 Å². The highest BCUT2D eigenvalue weighted by atomic mass is 16.7. The minimum atomic E-state index is -0.547. The van der Waals surface area contributed by atoms with Gasteiger partial charge < -0.3 is 33.7 Å². The highest BCUT2D eigenvalue weighted by Gasteiger charge is 2.31. The molecule has 3 aromatic carbocycles. The number of rotatable bonds is 23. The highest BCUT2D eigenvalue weighted by molar-refractivity contribution is 5.81. The number of ether oxygens (including phenoxy) is 6. The monoisotopic (exact) mass is 741 g/mol. The average Bonchev–Trinajstić information content (AvgIpc) is 3.18. The largest absolute Gasteiger partial charge is 0.463 e. The van der Waals surface area contributed by atoms with Gasteiger partial charge in [-0.1, -0.05) is 122 Å². The summed E-state index contributed by atoms with van der Waals surface area (Å²) in [4.78, 5) is 38.1. The molecule has 290 valence electrons. The van der Waals surface area contributed by atoms with Crippen molar-refractivity contribution in [3.63, 3.8) is 0 Å². The minimum absolute atomic E-state index is 0.0300. The molecule has 1 aliphatic rings. The maximum absolute atomic E-state index is 13.0. The van der Waals surface area contributed by atoms with Crippen LogP contribution in [0.15, 0.2) is 115 Å². The highest BCUT2D eigenvalue weighted by Crippen LogP contribution is 2.25. The summed E-state index contributed by atoms with van der Waals surface area (Å²) in [5.74, 6) is -1.68. The van der Waals surface area contributed by atoms with Gasteiger partial charge in [-0.3, -0.25) is 14.4 Å². The van der Waals surface area contributed by atoms with E-state index in [2.05, 4.69) is 11.9 Å². The third kappa shape index (κ3) is 16.6. The SMILES string of the molecule is C=C(/C=C\C)C[C@H](CC(C)C(=O)OCCOC1CC(OCc2ccccc2)CC(COCc2ccccc2)O1)NC(=O)CCC(=O)OCc1ccccc1. The third-order valence-electron chi connectivity index (χ3n) is 8.82. The van der Waals surface area contributed by atoms with Crippen LogP contribution in [0.25, 0.3) is 0 Å². The molecule has 0 aromatic heterocycles. The first-order valence-corrected chi connectivity index (χ1v) is 18.8. The molecule has 1 saturated heterocycles. The normalized spacial score (nSPS) is 18.1. The second kappa shape index (κ2) is 23.9. The average molecular weight is 742 g/mol. The van der Waals surface area contributed by atoms with Crippen LogP contribution in [0.2, 0.25) is 0 Å². The van der Waals surface area contributed by atoms with Gasteiger partial charge in [0.25, 0.3) is 0 Å². The second-order valence-corrected chi connectivity index (χ2v) is 13.5. The predicted octanol–water partition coefficient (Wildman–Crippen LogP) is 7.41. The first kappa shape index (κ1) is 42.1. The fourth-order valence-corrected chi connectivity index (χ4v) is 6.08. The summed E-state index contributed by atoms with van der Waals surface area (Å²) in [7, 11) is 0. The zero-order valence-corrected chi connectivity index (χ0v) is 31.6. The second-order valence-electron chi connectivity index (χ2n) is 13.5. The van der Waals surface area contributed by atoms with Crippen LogP contribution in [0.1, 0.15) is 69.1 Å². The standard InChI is InChI=1S/C44H55NO9/c1-4-14-33(2)25-38(45-41(46)21-22-42(47)53-31-37-19-12-7-13-20-37)26-34(3)44(48)51-24-23-50-43-28-39(52-30-36-17-10-6-11-18-36)27-40(54-43)32-49-29-35-15-8-5-9-16-35/h4-20,34,38-40,43H,2,21-32H2,1,3H3,(H,45,46)/b14-4-/t34?,38-,39?,40?,43?/m1/s1. The number of benzene rings is 3. The van der Waals surface area contributed by atoms with Gasteiger partial charge in [0.1, 0.15) is 13.2 Å². The van der Waals surface area contributed by atoms with E-state index < -0.39 is 24.1 Å². The van der Waals surface area contributed by atoms with Crippen molar-refractivity contribution in [1.29, 1.82) is 0 Å². The third-order valence-corrected chi connectivity index (χ3v) is 8.82. The fraction of sp³-hybridized carbons (Fsp3) is 0.432. The van der Waals surface area contributed by atoms with Gasteiger partial charge in [-0.25, -0.2) is 0 Å². The molecular weight excluding hydrogens is 686 g/mol. The van der Waals surface area contributed by atoms with Crippen LogP contribution in [0.4, 0.5) is 0 Å². The van der Waals surface area contributed by atoms with Gasteiger partial charge in [-0.05, 0) is 36.5 Å². The number of nitrogens with one attached hydrogen (secondary N) is 1. The Morgan fingerprint density at radius 3 is 2.09 bits per heavy atom. The molecule has 4 rings (SSSR count). The summed E-state index contributed by atoms with van der Waals surface area (Å²) in [5, 5.41) is 2.97. The van der Waals surface area contributed by atoms with Crippen LogP contribution < -0.4 is 5.32 Å². The summed E-state index contributed by atoms with van der Waals surface area (Å²) in [6.07, 6.45) is 4.77. The Balaban J connectivity index is 1.21. The maximum atomic E-state index is 13.0. The van der Waals surface area contributed by atoms with Gasteiger partial charge in [-0.15, -0.1) is 0 Å². The van der Waals surface area contributed by atoms with E-state index in [0.29, 0.717) is 45.5 Å². The number of amides is 1. The van der Waals surface area contributed by atoms with Gasteiger partial charge >= 0.3 is 11.9 Å². The van der Waals surface area contributed by atoms with E-state index in [9.17, 15) is 14.4 Å². The Hall–Kier alpha value is -4.61. The molecule has 0 saturated carbocycles. The van der Waals surface area contributed by atoms with E-state index >= 15 is 0 Å². The molecular formula is C44H55NO9. The van der Waals surface area contributed by atoms with Crippen molar-refractivity contribution in [2.24, 2.45) is 5.92 Å². The molecule has 0 bridgehead atoms. The molecule has 4 unspecified atom stereocenters. The topological polar surface area (TPSA) is 119 Å². The van der Waals surface area contributed by atoms with Crippen molar-refractivity contribution >= 4 is 17.8 Å². The smallest absolute Gasteiger partial charge is 0.308 e. The van der Waals surface area contributed by atoms with Crippen LogP contribution in [0.5, 0.6) is 0 Å². The van der Waals surface area contributed by atoms with Gasteiger partial charge in [0.2, 0.25) is 5.91 Å². The van der Waals surface area contributed by atoms with Crippen LogP contribution in [0.3, 0.4) is 0 Å². The Kier molecular flexibility index (Phi) is 18.7. The Labute approximate surface area is 319 Å². The zero-order valence-electron chi connectivity index (χ0n) is 31.6. The maximum Gasteiger partial charge on any atom is 0.308 e. The molecule has 1 amide bonds. The quantitative estimate of drug-likeness (QED) is 0.0602. The van der Waals surface area contributed by atoms with Gasteiger partial charge in [0, 0.05) is 25.3 Å². The number of hydrogen-bond acceptors (Lipinski definition) is 9. The summed E-state index contributed by atoms with van der Waals surface area (Å²) >= 11 is 0. The molecule has 5 atom stereocenters. The van der Waals surface area contributed by atoms with Crippen molar-refractivity contribution < 1.29 is 42.8 Å². The van der Waals surface area contributed by atoms with E-state index in [0.717, 1.165) is 22.3 Å². The number of hydrogen-bond donors (Lipinski definition) is 1. The van der Waals surface area contributed by atoms with Gasteiger partial charge in [-0.2, -0.15) is 0 Å². The van der Waals surface area contributed by atoms with Crippen LogP contribution in [-0.2, 0) is 62.6 Å². The van der Waals surface area contributed by atoms with E-state index in [1.54, 1.807) is 6.92 Å². The molecule has 0 aliphatic carbocycles. The number of carbonyl (C=O) groups is 3. The summed E-state index contributed by atoms with van der Waals surface area (Å²) < 4.78 is 35.4. The van der Waals surface area contributed by atoms with Crippen molar-refractivity contribution in [2.45, 2.75) is 96.7 Å². The fourth-order valence-electron chi connectivity index (χ4n) is 6.08. The Morgan fingerprint density at radius 1 is 0.815 bits per heavy atom. The predicted molar refractivity (Wildman–Crippen MR) is 206 cm³/mol. The van der Waals surface area contributed by atoms with Gasteiger partial charge in [0.15, 0.2) is 6.29 Å². The minimum Gasteiger partial charge on any atom is -0.463 e. The van der Waals surface area contributed by atoms with Gasteiger partial charge in [0.05, 0.1) is 51.0 Å². The molecule has 10 nitrogen and oxygen atoms in total. The number of carbonyl (C=O) groups excluding carboxylic acids is 3. The molecule has 0 spiro atoms. The zero-order chi connectivity index (χ0) is 38.4. The molecule has 0 radical (unpaired) electrons. The first-order valence-electron chi connectivity index (χ1n) is 18.8. The Morgan fingerprint density at radius 2 is 1.44 bits per heavy atom. The van der Waals surface area contributed by atoms with Crippen molar-refractivity contribution in [3.8, 4) is 0 Å². The van der Waals surface area contributed by atoms with Crippen molar-refractivity contribution in [2.75, 3.05) is 19.8 Å².